The van der Waals surface area contributed by atoms with Crippen LogP contribution in [0, 0.1) is 17.7 Å². The Balaban J connectivity index is 1.55. The van der Waals surface area contributed by atoms with Crippen LogP contribution in [0.4, 0.5) is 10.1 Å². The molecule has 7 heteroatoms. The highest BCUT2D eigenvalue weighted by atomic mass is 32.2. The van der Waals surface area contributed by atoms with Gasteiger partial charge in [0.2, 0.25) is 0 Å². The smallest absolute Gasteiger partial charge is 0.155 e. The number of carbonyl (C=O) groups is 1. The van der Waals surface area contributed by atoms with Gasteiger partial charge in [-0.15, -0.1) is 0 Å². The number of benzene rings is 1. The van der Waals surface area contributed by atoms with Crippen LogP contribution >= 0.6 is 0 Å². The maximum Gasteiger partial charge on any atom is 0.155 e. The molecule has 1 heterocycles. The van der Waals surface area contributed by atoms with Gasteiger partial charge in [-0.25, -0.2) is 12.8 Å². The Bertz CT molecular complexity index is 906. The van der Waals surface area contributed by atoms with Gasteiger partial charge in [0.15, 0.2) is 9.84 Å². The van der Waals surface area contributed by atoms with Crippen molar-refractivity contribution in [2.24, 2.45) is 11.8 Å². The summed E-state index contributed by atoms with van der Waals surface area (Å²) >= 11 is 0. The number of carbonyl (C=O) groups excluding carboxylic acids is 1. The van der Waals surface area contributed by atoms with Crippen molar-refractivity contribution in [1.29, 1.82) is 0 Å². The van der Waals surface area contributed by atoms with Crippen LogP contribution < -0.4 is 4.90 Å². The first-order valence-electron chi connectivity index (χ1n) is 11.8. The molecule has 180 valence electrons. The lowest BCUT2D eigenvalue weighted by atomic mass is 9.79. The quantitative estimate of drug-likeness (QED) is 0.613. The number of halogens is 1. The van der Waals surface area contributed by atoms with Crippen molar-refractivity contribution < 1.29 is 22.3 Å². The minimum atomic E-state index is -3.16. The molecule has 1 saturated heterocycles. The molecule has 0 N–H and O–H groups in total. The number of nitrogens with zero attached hydrogens (tertiary/aromatic N) is 1. The minimum Gasteiger partial charge on any atom is -0.372 e. The maximum absolute atomic E-state index is 14.8. The lowest BCUT2D eigenvalue weighted by Crippen LogP contribution is -2.45. The van der Waals surface area contributed by atoms with E-state index in [0.717, 1.165) is 31.6 Å². The van der Waals surface area contributed by atoms with Crippen LogP contribution in [0.2, 0.25) is 0 Å². The van der Waals surface area contributed by atoms with Gasteiger partial charge in [-0.2, -0.15) is 0 Å². The van der Waals surface area contributed by atoms with Crippen molar-refractivity contribution in [2.75, 3.05) is 23.7 Å². The standard InChI is InChI=1S/C25H38FNO4S/c1-17-14-27(15-18(2)31-17)22-11-10-21(23(26)13-22)12-24(28)20-8-6-19(7-9-20)16-32(29,30)25(3,4)5/h10-11,13,17-20H,6-9,12,14-16H2,1-5H3/t17-,18+,19?,20?. The highest BCUT2D eigenvalue weighted by Crippen LogP contribution is 2.33. The summed E-state index contributed by atoms with van der Waals surface area (Å²) in [5.41, 5.74) is 1.26. The summed E-state index contributed by atoms with van der Waals surface area (Å²) in [6, 6.07) is 5.15. The highest BCUT2D eigenvalue weighted by Gasteiger charge is 2.34. The van der Waals surface area contributed by atoms with E-state index in [9.17, 15) is 17.6 Å². The lowest BCUT2D eigenvalue weighted by molar-refractivity contribution is -0.123. The third kappa shape index (κ3) is 6.10. The second-order valence-electron chi connectivity index (χ2n) is 10.7. The Hall–Kier alpha value is -1.47. The molecule has 3 rings (SSSR count). The summed E-state index contributed by atoms with van der Waals surface area (Å²) < 4.78 is 44.8. The SMILES string of the molecule is C[C@@H]1CN(c2ccc(CC(=O)C3CCC(CS(=O)(=O)C(C)(C)C)CC3)c(F)c2)C[C@H](C)O1. The topological polar surface area (TPSA) is 63.7 Å². The molecule has 2 atom stereocenters. The molecule has 0 aromatic heterocycles. The first-order valence-corrected chi connectivity index (χ1v) is 13.4. The maximum atomic E-state index is 14.8. The van der Waals surface area contributed by atoms with E-state index >= 15 is 0 Å². The summed E-state index contributed by atoms with van der Waals surface area (Å²) in [5.74, 6) is -0.0945. The molecule has 1 saturated carbocycles. The number of hydrogen-bond donors (Lipinski definition) is 0. The Morgan fingerprint density at radius 2 is 1.69 bits per heavy atom. The van der Waals surface area contributed by atoms with E-state index in [0.29, 0.717) is 18.4 Å². The Kier molecular flexibility index (Phi) is 7.70. The number of ketones is 1. The predicted octanol–water partition coefficient (Wildman–Crippen LogP) is 4.57. The zero-order valence-electron chi connectivity index (χ0n) is 20.1. The highest BCUT2D eigenvalue weighted by molar-refractivity contribution is 7.92. The summed E-state index contributed by atoms with van der Waals surface area (Å²) in [5, 5.41) is 0. The summed E-state index contributed by atoms with van der Waals surface area (Å²) in [6.45, 7) is 10.7. The number of ether oxygens (including phenoxy) is 1. The molecule has 0 amide bonds. The summed E-state index contributed by atoms with van der Waals surface area (Å²) in [7, 11) is -3.16. The summed E-state index contributed by atoms with van der Waals surface area (Å²) in [6.07, 6.45) is 3.13. The molecular formula is C25H38FNO4S. The largest absolute Gasteiger partial charge is 0.372 e. The summed E-state index contributed by atoms with van der Waals surface area (Å²) in [4.78, 5) is 15.0. The number of sulfone groups is 1. The second kappa shape index (κ2) is 9.80. The molecule has 0 unspecified atom stereocenters. The van der Waals surface area contributed by atoms with Gasteiger partial charge in [0, 0.05) is 31.1 Å². The zero-order valence-corrected chi connectivity index (χ0v) is 20.9. The number of anilines is 1. The Morgan fingerprint density at radius 3 is 2.22 bits per heavy atom. The lowest BCUT2D eigenvalue weighted by Gasteiger charge is -2.37. The van der Waals surface area contributed by atoms with Crippen molar-refractivity contribution in [3.8, 4) is 0 Å². The van der Waals surface area contributed by atoms with E-state index in [1.807, 2.05) is 19.9 Å². The van der Waals surface area contributed by atoms with Crippen LogP contribution in [0.25, 0.3) is 0 Å². The molecule has 1 aliphatic heterocycles. The van der Waals surface area contributed by atoms with Crippen molar-refractivity contribution in [3.05, 3.63) is 29.6 Å². The molecule has 1 aromatic carbocycles. The van der Waals surface area contributed by atoms with Crippen LogP contribution in [-0.2, 0) is 25.8 Å². The molecule has 1 aliphatic carbocycles. The van der Waals surface area contributed by atoms with Crippen molar-refractivity contribution in [1.82, 2.24) is 0 Å². The third-order valence-corrected chi connectivity index (χ3v) is 9.65. The molecule has 2 aliphatic rings. The van der Waals surface area contributed by atoms with Crippen LogP contribution in [0.5, 0.6) is 0 Å². The van der Waals surface area contributed by atoms with E-state index in [2.05, 4.69) is 4.90 Å². The number of rotatable bonds is 6. The molecule has 0 radical (unpaired) electrons. The van der Waals surface area contributed by atoms with E-state index in [1.54, 1.807) is 26.8 Å². The number of hydrogen-bond acceptors (Lipinski definition) is 5. The fourth-order valence-electron chi connectivity index (χ4n) is 4.81. The van der Waals surface area contributed by atoms with E-state index in [4.69, 9.17) is 4.74 Å². The van der Waals surface area contributed by atoms with Crippen LogP contribution in [0.15, 0.2) is 18.2 Å². The van der Waals surface area contributed by atoms with Gasteiger partial charge in [0.05, 0.1) is 22.7 Å². The second-order valence-corrected chi connectivity index (χ2v) is 13.5. The van der Waals surface area contributed by atoms with Gasteiger partial charge in [-0.1, -0.05) is 6.07 Å². The van der Waals surface area contributed by atoms with Gasteiger partial charge >= 0.3 is 0 Å². The molecule has 32 heavy (non-hydrogen) atoms. The number of morpholine rings is 1. The van der Waals surface area contributed by atoms with E-state index in [1.165, 1.54) is 6.07 Å². The predicted molar refractivity (Wildman–Crippen MR) is 126 cm³/mol. The molecular weight excluding hydrogens is 429 g/mol. The third-order valence-electron chi connectivity index (χ3n) is 6.88. The van der Waals surface area contributed by atoms with Gasteiger partial charge in [0.25, 0.3) is 0 Å². The van der Waals surface area contributed by atoms with E-state index < -0.39 is 14.6 Å². The Morgan fingerprint density at radius 1 is 1.09 bits per heavy atom. The Labute approximate surface area is 192 Å². The minimum absolute atomic E-state index is 0.0578. The average molecular weight is 468 g/mol. The molecule has 0 spiro atoms. The van der Waals surface area contributed by atoms with E-state index in [-0.39, 0.29) is 47.8 Å². The normalized spacial score (nSPS) is 27.4. The van der Waals surface area contributed by atoms with Gasteiger partial charge in [-0.3, -0.25) is 4.79 Å². The molecule has 1 aromatic rings. The fraction of sp³-hybridized carbons (Fsp3) is 0.720. The first kappa shape index (κ1) is 25.2. The van der Waals surface area contributed by atoms with Crippen molar-refractivity contribution >= 4 is 21.3 Å². The van der Waals surface area contributed by atoms with Crippen molar-refractivity contribution in [2.45, 2.75) is 83.7 Å². The molecule has 2 fully saturated rings. The van der Waals surface area contributed by atoms with Crippen molar-refractivity contribution in [3.63, 3.8) is 0 Å². The fourth-order valence-corrected chi connectivity index (χ4v) is 6.26. The van der Waals surface area contributed by atoms with Gasteiger partial charge in [0.1, 0.15) is 11.6 Å². The first-order chi connectivity index (χ1) is 14.9. The van der Waals surface area contributed by atoms with Crippen LogP contribution in [0.1, 0.15) is 65.9 Å². The number of Topliss-reactive ketones (excluding diaryl/α,β-unsaturated/α-hetero) is 1. The van der Waals surface area contributed by atoms with Crippen LogP contribution in [0.3, 0.4) is 0 Å². The molecule has 0 bridgehead atoms. The van der Waals surface area contributed by atoms with Gasteiger partial charge in [-0.05, 0) is 83.9 Å². The van der Waals surface area contributed by atoms with Gasteiger partial charge < -0.3 is 9.64 Å². The van der Waals surface area contributed by atoms with Crippen LogP contribution in [-0.4, -0.2) is 50.0 Å². The monoisotopic (exact) mass is 467 g/mol. The average Bonchev–Trinajstić information content (AvgIpc) is 2.68. The molecule has 5 nitrogen and oxygen atoms in total. The zero-order chi connectivity index (χ0) is 23.7.